The lowest BCUT2D eigenvalue weighted by Gasteiger charge is -2.31. The lowest BCUT2D eigenvalue weighted by atomic mass is 10.0. The van der Waals surface area contributed by atoms with Crippen molar-refractivity contribution in [3.63, 3.8) is 0 Å². The molecule has 2 saturated heterocycles. The van der Waals surface area contributed by atoms with E-state index >= 15 is 0 Å². The molecule has 17 heteroatoms. The average Bonchev–Trinajstić information content (AvgIpc) is 3.57. The number of thioether (sulfide) groups is 1. The minimum atomic E-state index is -0.633. The SMILES string of the molecule is COc1cc2ncnc(Nc3ccc(F)c(Cl)c3)c2cc1NC(=O)C=CCN1CCC(NC(=O)CCCCCSc2cccc3c2CN(C2CCC(=O)NC2=O)C3=O)CC1. The van der Waals surface area contributed by atoms with Crippen LogP contribution in [0.15, 0.2) is 71.9 Å². The number of piperidine rings is 2. The van der Waals surface area contributed by atoms with Gasteiger partial charge < -0.3 is 25.6 Å². The molecule has 2 fully saturated rings. The van der Waals surface area contributed by atoms with Gasteiger partial charge in [0.15, 0.2) is 0 Å². The number of ether oxygens (including phenoxy) is 1. The number of nitrogens with one attached hydrogen (secondary N) is 4. The Bertz CT molecular complexity index is 2320. The fraction of sp³-hybridized carbons (Fsp3) is 0.372. The molecule has 14 nitrogen and oxygen atoms in total. The van der Waals surface area contributed by atoms with Gasteiger partial charge in [-0.25, -0.2) is 14.4 Å². The molecule has 7 rings (SSSR count). The summed E-state index contributed by atoms with van der Waals surface area (Å²) >= 11 is 7.64. The summed E-state index contributed by atoms with van der Waals surface area (Å²) < 4.78 is 19.2. The minimum absolute atomic E-state index is 0.0272. The topological polar surface area (TPSA) is 175 Å². The van der Waals surface area contributed by atoms with Crippen LogP contribution in [0.4, 0.5) is 21.6 Å². The molecule has 0 bridgehead atoms. The zero-order chi connectivity index (χ0) is 42.2. The van der Waals surface area contributed by atoms with E-state index in [0.717, 1.165) is 61.4 Å². The van der Waals surface area contributed by atoms with Crippen LogP contribution in [0.1, 0.15) is 67.3 Å². The molecule has 0 spiro atoms. The first kappa shape index (κ1) is 42.5. The van der Waals surface area contributed by atoms with Crippen molar-refractivity contribution < 1.29 is 33.1 Å². The Hall–Kier alpha value is -5.58. The maximum Gasteiger partial charge on any atom is 0.255 e. The molecule has 60 heavy (non-hydrogen) atoms. The summed E-state index contributed by atoms with van der Waals surface area (Å²) in [6.07, 6.45) is 9.99. The van der Waals surface area contributed by atoms with Crippen molar-refractivity contribution in [2.24, 2.45) is 0 Å². The van der Waals surface area contributed by atoms with Gasteiger partial charge in [0.05, 0.1) is 23.3 Å². The van der Waals surface area contributed by atoms with Crippen molar-refractivity contribution in [3.05, 3.63) is 89.0 Å². The van der Waals surface area contributed by atoms with Gasteiger partial charge in [-0.3, -0.25) is 34.2 Å². The first-order valence-electron chi connectivity index (χ1n) is 20.0. The number of carbonyl (C=O) groups excluding carboxylic acids is 5. The Morgan fingerprint density at radius 2 is 1.88 bits per heavy atom. The van der Waals surface area contributed by atoms with Gasteiger partial charge in [-0.1, -0.05) is 30.2 Å². The van der Waals surface area contributed by atoms with Gasteiger partial charge in [-0.2, -0.15) is 0 Å². The van der Waals surface area contributed by atoms with E-state index < -0.39 is 17.8 Å². The summed E-state index contributed by atoms with van der Waals surface area (Å²) in [7, 11) is 1.51. The number of aromatic nitrogens is 2. The molecular formula is C43H46ClFN8O6S. The molecule has 1 aromatic heterocycles. The molecule has 5 amide bonds. The number of halogens is 2. The van der Waals surface area contributed by atoms with E-state index in [1.807, 2.05) is 18.2 Å². The molecule has 4 N–H and O–H groups in total. The molecule has 4 aromatic rings. The van der Waals surface area contributed by atoms with Crippen LogP contribution in [0.3, 0.4) is 0 Å². The quantitative estimate of drug-likeness (QED) is 0.0427. The van der Waals surface area contributed by atoms with Crippen molar-refractivity contribution in [1.29, 1.82) is 0 Å². The second-order valence-corrected chi connectivity index (χ2v) is 16.5. The summed E-state index contributed by atoms with van der Waals surface area (Å²) in [6, 6.07) is 12.8. The van der Waals surface area contributed by atoms with Gasteiger partial charge in [0.2, 0.25) is 23.6 Å². The fourth-order valence-corrected chi connectivity index (χ4v) is 8.92. The highest BCUT2D eigenvalue weighted by molar-refractivity contribution is 7.99. The summed E-state index contributed by atoms with van der Waals surface area (Å²) in [5.41, 5.74) is 3.09. The fourth-order valence-electron chi connectivity index (χ4n) is 7.64. The molecule has 1 atom stereocenters. The van der Waals surface area contributed by atoms with E-state index in [2.05, 4.69) is 36.1 Å². The summed E-state index contributed by atoms with van der Waals surface area (Å²) in [4.78, 5) is 76.3. The number of rotatable bonds is 16. The van der Waals surface area contributed by atoms with Gasteiger partial charge in [-0.05, 0) is 79.8 Å². The maximum absolute atomic E-state index is 13.7. The van der Waals surface area contributed by atoms with Crippen molar-refractivity contribution in [3.8, 4) is 5.75 Å². The van der Waals surface area contributed by atoms with Crippen LogP contribution < -0.4 is 26.0 Å². The molecule has 4 heterocycles. The smallest absolute Gasteiger partial charge is 0.255 e. The zero-order valence-electron chi connectivity index (χ0n) is 33.1. The number of methoxy groups -OCH3 is 1. The summed E-state index contributed by atoms with van der Waals surface area (Å²) in [5.74, 6) is 0.0278. The van der Waals surface area contributed by atoms with Crippen LogP contribution in [0.5, 0.6) is 5.75 Å². The van der Waals surface area contributed by atoms with E-state index in [0.29, 0.717) is 65.3 Å². The standard InChI is InChI=1S/C43H46ClFN8O6S/c1-59-36-23-33-29(41(47-25-46-33)49-27-11-12-32(45)31(44)21-27)22-34(36)50-39(55)10-6-17-52-18-15-26(16-19-52)48-38(54)9-3-2-4-20-60-37-8-5-7-28-30(37)24-53(43(28)58)35-13-14-40(56)51-42(35)57/h5-8,10-12,21-23,25-26,35H,2-4,9,13-20,24H2,1H3,(H,48,54)(H,50,55)(H,46,47,49)(H,51,56,57). The Labute approximate surface area is 356 Å². The molecule has 3 aliphatic rings. The van der Waals surface area contributed by atoms with E-state index in [-0.39, 0.29) is 41.1 Å². The maximum atomic E-state index is 13.7. The van der Waals surface area contributed by atoms with Crippen molar-refractivity contribution in [1.82, 2.24) is 30.4 Å². The monoisotopic (exact) mass is 856 g/mol. The van der Waals surface area contributed by atoms with Gasteiger partial charge >= 0.3 is 0 Å². The van der Waals surface area contributed by atoms with Crippen molar-refractivity contribution >= 4 is 81.0 Å². The van der Waals surface area contributed by atoms with Crippen molar-refractivity contribution in [2.45, 2.75) is 74.9 Å². The summed E-state index contributed by atoms with van der Waals surface area (Å²) in [5, 5.41) is 12.1. The molecule has 3 aliphatic heterocycles. The van der Waals surface area contributed by atoms with E-state index in [1.165, 1.54) is 31.6 Å². The Balaban J connectivity index is 0.794. The van der Waals surface area contributed by atoms with Crippen LogP contribution in [0.25, 0.3) is 10.9 Å². The molecule has 3 aromatic carbocycles. The largest absolute Gasteiger partial charge is 0.494 e. The number of hydrogen-bond acceptors (Lipinski definition) is 11. The number of fused-ring (bicyclic) bond motifs is 2. The first-order chi connectivity index (χ1) is 29.1. The number of anilines is 3. The number of benzene rings is 3. The normalized spacial score (nSPS) is 17.2. The third-order valence-electron chi connectivity index (χ3n) is 10.8. The van der Waals surface area contributed by atoms with E-state index in [9.17, 15) is 28.4 Å². The molecular weight excluding hydrogens is 811 g/mol. The number of carbonyl (C=O) groups is 5. The van der Waals surface area contributed by atoms with Crippen LogP contribution in [-0.4, -0.2) is 93.9 Å². The van der Waals surface area contributed by atoms with Crippen LogP contribution >= 0.6 is 23.4 Å². The third-order valence-corrected chi connectivity index (χ3v) is 12.3. The number of amides is 5. The number of hydrogen-bond donors (Lipinski definition) is 4. The highest BCUT2D eigenvalue weighted by Crippen LogP contribution is 2.36. The van der Waals surface area contributed by atoms with Gasteiger partial charge in [-0.15, -0.1) is 11.8 Å². The zero-order valence-corrected chi connectivity index (χ0v) is 34.7. The highest BCUT2D eigenvalue weighted by atomic mass is 35.5. The summed E-state index contributed by atoms with van der Waals surface area (Å²) in [6.45, 7) is 2.53. The second-order valence-electron chi connectivity index (χ2n) is 14.9. The van der Waals surface area contributed by atoms with E-state index in [1.54, 1.807) is 40.9 Å². The number of imide groups is 1. The lowest BCUT2D eigenvalue weighted by molar-refractivity contribution is -0.137. The predicted octanol–water partition coefficient (Wildman–Crippen LogP) is 6.36. The predicted molar refractivity (Wildman–Crippen MR) is 228 cm³/mol. The molecule has 0 saturated carbocycles. The van der Waals surface area contributed by atoms with Gasteiger partial charge in [0, 0.05) is 78.7 Å². The van der Waals surface area contributed by atoms with Gasteiger partial charge in [0.25, 0.3) is 5.91 Å². The molecule has 0 aliphatic carbocycles. The lowest BCUT2D eigenvalue weighted by Crippen LogP contribution is -2.52. The number of likely N-dealkylation sites (tertiary alicyclic amines) is 1. The molecule has 1 unspecified atom stereocenters. The number of unbranched alkanes of at least 4 members (excludes halogenated alkanes) is 2. The van der Waals surface area contributed by atoms with Crippen LogP contribution in [-0.2, 0) is 25.7 Å². The average molecular weight is 857 g/mol. The van der Waals surface area contributed by atoms with Gasteiger partial charge in [0.1, 0.15) is 29.8 Å². The van der Waals surface area contributed by atoms with Crippen LogP contribution in [0, 0.1) is 5.82 Å². The van der Waals surface area contributed by atoms with Crippen molar-refractivity contribution in [2.75, 3.05) is 43.1 Å². The Morgan fingerprint density at radius 1 is 1.05 bits per heavy atom. The Morgan fingerprint density at radius 3 is 2.67 bits per heavy atom. The minimum Gasteiger partial charge on any atom is -0.494 e. The molecule has 0 radical (unpaired) electrons. The van der Waals surface area contributed by atoms with Crippen LogP contribution in [0.2, 0.25) is 5.02 Å². The third kappa shape index (κ3) is 10.4. The molecule has 314 valence electrons. The Kier molecular flexibility index (Phi) is 13.9. The second kappa shape index (κ2) is 19.7. The van der Waals surface area contributed by atoms with E-state index in [4.69, 9.17) is 16.3 Å². The first-order valence-corrected chi connectivity index (χ1v) is 21.4. The highest BCUT2D eigenvalue weighted by Gasteiger charge is 2.39. The number of nitrogens with zero attached hydrogens (tertiary/aromatic N) is 4.